The molecule has 1 amide bonds. The number of aryl methyl sites for hydroxylation is 1. The lowest BCUT2D eigenvalue weighted by Gasteiger charge is -2.07. The highest BCUT2D eigenvalue weighted by Gasteiger charge is 2.11. The molecule has 3 N–H and O–H groups in total. The van der Waals surface area contributed by atoms with E-state index in [2.05, 4.69) is 26.2 Å². The normalized spacial score (nSPS) is 12.5. The molecule has 5 heteroatoms. The number of nitrogens with one attached hydrogen (secondary N) is 1. The Labute approximate surface area is 111 Å². The van der Waals surface area contributed by atoms with Crippen LogP contribution in [0.15, 0.2) is 6.07 Å². The number of amides is 1. The molecule has 1 aromatic rings. The van der Waals surface area contributed by atoms with E-state index in [1.54, 1.807) is 0 Å². The first kappa shape index (κ1) is 14.5. The average molecular weight is 272 g/mol. The van der Waals surface area contributed by atoms with Gasteiger partial charge in [0, 0.05) is 10.6 Å². The number of thiophene rings is 1. The third-order valence-electron chi connectivity index (χ3n) is 2.73. The summed E-state index contributed by atoms with van der Waals surface area (Å²) >= 11 is 3.44. The molecule has 3 nitrogen and oxygen atoms in total. The second-order valence-electron chi connectivity index (χ2n) is 4.19. The lowest BCUT2D eigenvalue weighted by molar-refractivity contribution is 0.0957. The van der Waals surface area contributed by atoms with Crippen LogP contribution in [0, 0.1) is 12.8 Å². The first-order valence-corrected chi connectivity index (χ1v) is 7.73. The van der Waals surface area contributed by atoms with Crippen LogP contribution in [0.25, 0.3) is 0 Å². The largest absolute Gasteiger partial charge is 0.289 e. The topological polar surface area (TPSA) is 55.1 Å². The summed E-state index contributed by atoms with van der Waals surface area (Å²) in [6.07, 6.45) is 1.22. The van der Waals surface area contributed by atoms with E-state index in [1.165, 1.54) is 34.0 Å². The Bertz CT molecular complexity index is 377. The minimum absolute atomic E-state index is 0.198. The number of hydrogen-bond donors (Lipinski definition) is 2. The third kappa shape index (κ3) is 4.33. The van der Waals surface area contributed by atoms with Crippen LogP contribution in [0.5, 0.6) is 0 Å². The van der Waals surface area contributed by atoms with E-state index in [-0.39, 0.29) is 5.91 Å². The summed E-state index contributed by atoms with van der Waals surface area (Å²) in [6, 6.07) is 1.95. The Hall–Kier alpha value is -0.520. The molecule has 0 fully saturated rings. The fraction of sp³-hybridized carbons (Fsp3) is 0.583. The smallest absolute Gasteiger partial charge is 0.275 e. The van der Waals surface area contributed by atoms with Crippen LogP contribution < -0.4 is 11.3 Å². The maximum atomic E-state index is 11.4. The lowest BCUT2D eigenvalue weighted by atomic mass is 10.2. The van der Waals surface area contributed by atoms with Crippen molar-refractivity contribution in [3.05, 3.63) is 21.4 Å². The average Bonchev–Trinajstić information content (AvgIpc) is 2.69. The Kier molecular flexibility index (Phi) is 6.02. The van der Waals surface area contributed by atoms with E-state index < -0.39 is 0 Å². The number of nitrogens with two attached hydrogens (primary N) is 1. The van der Waals surface area contributed by atoms with Crippen LogP contribution in [-0.2, 0) is 5.75 Å². The monoisotopic (exact) mass is 272 g/mol. The maximum absolute atomic E-state index is 11.4. The molecule has 0 saturated carbocycles. The molecular formula is C12H20N2OS2. The number of thioether (sulfide) groups is 1. The van der Waals surface area contributed by atoms with Gasteiger partial charge in [-0.05, 0) is 30.2 Å². The molecule has 0 saturated heterocycles. The van der Waals surface area contributed by atoms with Gasteiger partial charge in [0.2, 0.25) is 0 Å². The van der Waals surface area contributed by atoms with Crippen LogP contribution in [0.1, 0.15) is 40.4 Å². The number of carbonyl (C=O) groups excluding carboxylic acids is 1. The first-order chi connectivity index (χ1) is 8.08. The van der Waals surface area contributed by atoms with Crippen molar-refractivity contribution >= 4 is 29.0 Å². The van der Waals surface area contributed by atoms with Crippen LogP contribution in [0.3, 0.4) is 0 Å². The van der Waals surface area contributed by atoms with E-state index >= 15 is 0 Å². The molecule has 1 heterocycles. The molecule has 96 valence electrons. The molecular weight excluding hydrogens is 252 g/mol. The number of hydrogen-bond acceptors (Lipinski definition) is 4. The summed E-state index contributed by atoms with van der Waals surface area (Å²) in [5, 5.41) is 0. The zero-order valence-corrected chi connectivity index (χ0v) is 12.2. The van der Waals surface area contributed by atoms with Crippen molar-refractivity contribution in [1.82, 2.24) is 5.43 Å². The Morgan fingerprint density at radius 3 is 2.94 bits per heavy atom. The van der Waals surface area contributed by atoms with Gasteiger partial charge in [-0.2, -0.15) is 11.8 Å². The minimum Gasteiger partial charge on any atom is -0.289 e. The van der Waals surface area contributed by atoms with Gasteiger partial charge in [0.1, 0.15) is 0 Å². The molecule has 0 aliphatic rings. The number of rotatable bonds is 6. The highest BCUT2D eigenvalue weighted by molar-refractivity contribution is 7.98. The lowest BCUT2D eigenvalue weighted by Crippen LogP contribution is -2.29. The molecule has 1 aromatic heterocycles. The predicted octanol–water partition coefficient (Wildman–Crippen LogP) is 2.94. The Balaban J connectivity index is 2.54. The van der Waals surface area contributed by atoms with Crippen molar-refractivity contribution in [2.75, 3.05) is 5.75 Å². The molecule has 1 atom stereocenters. The van der Waals surface area contributed by atoms with Gasteiger partial charge >= 0.3 is 0 Å². The van der Waals surface area contributed by atoms with Gasteiger partial charge < -0.3 is 0 Å². The molecule has 0 radical (unpaired) electrons. The van der Waals surface area contributed by atoms with Crippen LogP contribution >= 0.6 is 23.1 Å². The summed E-state index contributed by atoms with van der Waals surface area (Å²) in [5.74, 6) is 7.83. The third-order valence-corrected chi connectivity index (χ3v) is 5.14. The van der Waals surface area contributed by atoms with Crippen LogP contribution in [-0.4, -0.2) is 11.7 Å². The quantitative estimate of drug-likeness (QED) is 0.475. The molecule has 0 aliphatic carbocycles. The molecule has 1 rings (SSSR count). The second-order valence-corrected chi connectivity index (χ2v) is 6.48. The maximum Gasteiger partial charge on any atom is 0.275 e. The predicted molar refractivity (Wildman–Crippen MR) is 76.3 cm³/mol. The summed E-state index contributed by atoms with van der Waals surface area (Å²) in [7, 11) is 0. The van der Waals surface area contributed by atoms with Gasteiger partial charge in [0.05, 0.1) is 4.88 Å². The van der Waals surface area contributed by atoms with E-state index in [0.717, 1.165) is 11.7 Å². The van der Waals surface area contributed by atoms with Crippen molar-refractivity contribution < 1.29 is 4.79 Å². The van der Waals surface area contributed by atoms with Crippen molar-refractivity contribution in [2.24, 2.45) is 11.8 Å². The van der Waals surface area contributed by atoms with Gasteiger partial charge in [-0.25, -0.2) is 5.84 Å². The molecule has 17 heavy (non-hydrogen) atoms. The second kappa shape index (κ2) is 7.03. The zero-order valence-electron chi connectivity index (χ0n) is 10.6. The Morgan fingerprint density at radius 2 is 2.35 bits per heavy atom. The molecule has 0 aromatic carbocycles. The SMILES string of the molecule is CCC(C)CSCc1cc(C(=O)NN)sc1C. The highest BCUT2D eigenvalue weighted by atomic mass is 32.2. The molecule has 0 bridgehead atoms. The van der Waals surface area contributed by atoms with Gasteiger partial charge in [-0.15, -0.1) is 11.3 Å². The summed E-state index contributed by atoms with van der Waals surface area (Å²) in [5.41, 5.74) is 3.42. The summed E-state index contributed by atoms with van der Waals surface area (Å²) in [6.45, 7) is 6.53. The fourth-order valence-electron chi connectivity index (χ4n) is 1.33. The Morgan fingerprint density at radius 1 is 1.65 bits per heavy atom. The van der Waals surface area contributed by atoms with Crippen molar-refractivity contribution in [1.29, 1.82) is 0 Å². The van der Waals surface area contributed by atoms with Crippen molar-refractivity contribution in [3.8, 4) is 0 Å². The van der Waals surface area contributed by atoms with E-state index in [0.29, 0.717) is 4.88 Å². The summed E-state index contributed by atoms with van der Waals surface area (Å²) in [4.78, 5) is 13.3. The van der Waals surface area contributed by atoms with Gasteiger partial charge in [-0.1, -0.05) is 20.3 Å². The van der Waals surface area contributed by atoms with Crippen molar-refractivity contribution in [2.45, 2.75) is 32.9 Å². The van der Waals surface area contributed by atoms with Gasteiger partial charge in [-0.3, -0.25) is 10.2 Å². The van der Waals surface area contributed by atoms with E-state index in [4.69, 9.17) is 5.84 Å². The van der Waals surface area contributed by atoms with Gasteiger partial charge in [0.15, 0.2) is 0 Å². The highest BCUT2D eigenvalue weighted by Crippen LogP contribution is 2.26. The molecule has 1 unspecified atom stereocenters. The van der Waals surface area contributed by atoms with Crippen LogP contribution in [0.2, 0.25) is 0 Å². The summed E-state index contributed by atoms with van der Waals surface area (Å²) < 4.78 is 0. The molecule has 0 spiro atoms. The number of hydrazine groups is 1. The standard InChI is InChI=1S/C12H20N2OS2/c1-4-8(2)6-16-7-10-5-11(12(15)14-13)17-9(10)3/h5,8H,4,6-7,13H2,1-3H3,(H,14,15). The fourth-order valence-corrected chi connectivity index (χ4v) is 3.65. The van der Waals surface area contributed by atoms with Crippen LogP contribution in [0.4, 0.5) is 0 Å². The zero-order chi connectivity index (χ0) is 12.8. The number of carbonyl (C=O) groups is 1. The first-order valence-electron chi connectivity index (χ1n) is 5.76. The molecule has 0 aliphatic heterocycles. The van der Waals surface area contributed by atoms with Crippen molar-refractivity contribution in [3.63, 3.8) is 0 Å². The van der Waals surface area contributed by atoms with Gasteiger partial charge in [0.25, 0.3) is 5.91 Å². The van der Waals surface area contributed by atoms with E-state index in [9.17, 15) is 4.79 Å². The minimum atomic E-state index is -0.198. The van der Waals surface area contributed by atoms with E-state index in [1.807, 2.05) is 17.8 Å². The number of nitrogen functional groups attached to an aromatic ring is 1.